The molecule has 15 heterocycles. The third-order valence-corrected chi connectivity index (χ3v) is 15.8. The van der Waals surface area contributed by atoms with Gasteiger partial charge in [0, 0.05) is 49.7 Å². The molecule has 25 heteroatoms. The molecule has 6 aliphatic rings. The molecule has 21 nitrogen and oxygen atoms in total. The Morgan fingerprint density at radius 2 is 0.424 bits per heavy atom. The second kappa shape index (κ2) is 22.0. The van der Waals surface area contributed by atoms with Crippen LogP contribution in [0.1, 0.15) is 68.3 Å². The summed E-state index contributed by atoms with van der Waals surface area (Å²) in [6.45, 7) is 0. The standard InChI is InChI=1S/3C20H14N4O3S.Mn/c3*25-28(26,27)20-11-18-9-16-4-3-14(22-16)7-12-1-2-13(21-12)8-15-5-6-17(23-15)10-19(20)24-18;/h3*1-11,22,24H,(H,25,26,27);/q;;;+3/p-3. The monoisotopic (exact) mass is 1220 g/mol. The maximum Gasteiger partial charge on any atom is 3.00 e. The summed E-state index contributed by atoms with van der Waals surface area (Å²) in [4.78, 5) is 44.7. The summed E-state index contributed by atoms with van der Waals surface area (Å²) in [5.74, 6) is 0. The summed E-state index contributed by atoms with van der Waals surface area (Å²) in [6.07, 6.45) is 22.1. The van der Waals surface area contributed by atoms with Gasteiger partial charge in [0.25, 0.3) is 0 Å². The molecule has 0 atom stereocenters. The molecule has 418 valence electrons. The van der Waals surface area contributed by atoms with Crippen LogP contribution in [0.4, 0.5) is 0 Å². The van der Waals surface area contributed by atoms with Crippen LogP contribution in [0.2, 0.25) is 0 Å². The summed E-state index contributed by atoms with van der Waals surface area (Å²) in [6, 6.07) is 36.3. The largest absolute Gasteiger partial charge is 3.00 e. The first kappa shape index (κ1) is 55.6. The Labute approximate surface area is 492 Å². The smallest absolute Gasteiger partial charge is 0.744 e. The van der Waals surface area contributed by atoms with Gasteiger partial charge in [-0.3, -0.25) is 0 Å². The predicted molar refractivity (Wildman–Crippen MR) is 320 cm³/mol. The van der Waals surface area contributed by atoms with Crippen LogP contribution >= 0.6 is 0 Å². The topological polar surface area (TPSA) is 344 Å². The van der Waals surface area contributed by atoms with E-state index in [0.29, 0.717) is 50.7 Å². The van der Waals surface area contributed by atoms with Gasteiger partial charge in [0.15, 0.2) is 0 Å². The summed E-state index contributed by atoms with van der Waals surface area (Å²) in [5, 5.41) is 0. The summed E-state index contributed by atoms with van der Waals surface area (Å²) >= 11 is 0. The van der Waals surface area contributed by atoms with Crippen LogP contribution in [-0.4, -0.2) is 98.7 Å². The van der Waals surface area contributed by atoms with E-state index in [1.165, 1.54) is 18.2 Å². The van der Waals surface area contributed by atoms with Crippen LogP contribution < -0.4 is 0 Å². The summed E-state index contributed by atoms with van der Waals surface area (Å²) in [7, 11) is -13.9. The first-order valence-electron chi connectivity index (χ1n) is 25.4. The molecule has 0 amide bonds. The van der Waals surface area contributed by atoms with Crippen LogP contribution in [0.15, 0.2) is 142 Å². The SMILES string of the molecule is O=S(=O)([O-])c1cc2cc3ccc(cc4nc(cc5nc(cc1[nH]2)C=C5)C=C4)[nH]3.O=S(=O)([O-])c1cc2cc3ccc(cc4nc(cc5nc(cc1[nH]2)C=C5)C=C4)[nH]3.O=S(=O)([O-])c1cc2cc3ccc(cc4nc(cc5nc(cc1[nH]2)C=C5)C=C4)[nH]3.[Mn+3]. The predicted octanol–water partition coefficient (Wildman–Crippen LogP) is 10.7. The second-order valence-corrected chi connectivity index (χ2v) is 23.5. The molecular formula is C60H39MnN12O9S3. The van der Waals surface area contributed by atoms with Gasteiger partial charge in [0.05, 0.1) is 99.6 Å². The molecule has 15 rings (SSSR count). The zero-order chi connectivity index (χ0) is 57.9. The van der Waals surface area contributed by atoms with Crippen molar-refractivity contribution in [3.05, 3.63) is 196 Å². The maximum absolute atomic E-state index is 11.7. The van der Waals surface area contributed by atoms with Gasteiger partial charge in [-0.05, 0) is 200 Å². The minimum Gasteiger partial charge on any atom is -0.744 e. The molecule has 0 aromatic carbocycles. The fourth-order valence-corrected chi connectivity index (χ4v) is 11.5. The Hall–Kier alpha value is -9.95. The number of nitrogens with one attached hydrogen (secondary N) is 6. The number of H-pyrrole nitrogens is 6. The van der Waals surface area contributed by atoms with Crippen molar-refractivity contribution in [2.24, 2.45) is 0 Å². The molecule has 85 heavy (non-hydrogen) atoms. The first-order chi connectivity index (χ1) is 40.3. The van der Waals surface area contributed by atoms with Gasteiger partial charge in [-0.15, -0.1) is 0 Å². The van der Waals surface area contributed by atoms with E-state index in [9.17, 15) is 38.9 Å². The van der Waals surface area contributed by atoms with E-state index >= 15 is 0 Å². The van der Waals surface area contributed by atoms with E-state index < -0.39 is 30.4 Å². The van der Waals surface area contributed by atoms with Gasteiger partial charge < -0.3 is 43.6 Å². The fraction of sp³-hybridized carbons (Fsp3) is 0. The van der Waals surface area contributed by atoms with Gasteiger partial charge >= 0.3 is 17.1 Å². The van der Waals surface area contributed by atoms with Gasteiger partial charge in [0.1, 0.15) is 30.4 Å². The molecule has 9 aromatic heterocycles. The van der Waals surface area contributed by atoms with Crippen molar-refractivity contribution in [3.63, 3.8) is 0 Å². The van der Waals surface area contributed by atoms with Crippen molar-refractivity contribution in [1.29, 1.82) is 0 Å². The zero-order valence-corrected chi connectivity index (χ0v) is 47.1. The third-order valence-electron chi connectivity index (χ3n) is 13.2. The second-order valence-electron chi connectivity index (χ2n) is 19.5. The number of rotatable bonds is 3. The quantitative estimate of drug-likeness (QED) is 0.0707. The molecule has 24 bridgehead atoms. The molecule has 0 fully saturated rings. The zero-order valence-electron chi connectivity index (χ0n) is 43.5. The Bertz CT molecular complexity index is 4870. The van der Waals surface area contributed by atoms with Crippen molar-refractivity contribution in [2.45, 2.75) is 14.7 Å². The van der Waals surface area contributed by atoms with Gasteiger partial charge in [0.2, 0.25) is 0 Å². The molecule has 0 unspecified atom stereocenters. The Kier molecular flexibility index (Phi) is 14.4. The number of aromatic nitrogens is 12. The average molecular weight is 1220 g/mol. The Morgan fingerprint density at radius 1 is 0.235 bits per heavy atom. The van der Waals surface area contributed by atoms with Gasteiger partial charge in [-0.2, -0.15) is 0 Å². The summed E-state index contributed by atoms with van der Waals surface area (Å²) in [5.41, 5.74) is 15.3. The molecule has 9 aromatic rings. The third kappa shape index (κ3) is 12.8. The van der Waals surface area contributed by atoms with Crippen molar-refractivity contribution in [2.75, 3.05) is 0 Å². The number of aromatic amines is 6. The van der Waals surface area contributed by atoms with E-state index in [2.05, 4.69) is 59.8 Å². The number of nitrogens with zero attached hydrogens (tertiary/aromatic N) is 6. The number of hydrogen-bond donors (Lipinski definition) is 6. The van der Waals surface area contributed by atoms with Crippen molar-refractivity contribution in [3.8, 4) is 0 Å². The minimum atomic E-state index is -4.64. The molecule has 6 N–H and O–H groups in total. The van der Waals surface area contributed by atoms with Gasteiger partial charge in [-0.25, -0.2) is 55.2 Å². The van der Waals surface area contributed by atoms with E-state index in [1.807, 2.05) is 109 Å². The maximum atomic E-state index is 11.7. The van der Waals surface area contributed by atoms with Crippen LogP contribution in [0.25, 0.3) is 139 Å². The van der Waals surface area contributed by atoms with E-state index in [4.69, 9.17) is 0 Å². The Morgan fingerprint density at radius 3 is 0.635 bits per heavy atom. The molecule has 6 aliphatic heterocycles. The molecule has 0 aliphatic carbocycles. The van der Waals surface area contributed by atoms with Crippen LogP contribution in [0.5, 0.6) is 0 Å². The fourth-order valence-electron chi connectivity index (χ4n) is 9.60. The normalized spacial score (nSPS) is 13.0. The van der Waals surface area contributed by atoms with Crippen LogP contribution in [-0.2, 0) is 47.4 Å². The number of fused-ring (bicyclic) bond motifs is 24. The van der Waals surface area contributed by atoms with Crippen LogP contribution in [0.3, 0.4) is 0 Å². The summed E-state index contributed by atoms with van der Waals surface area (Å²) < 4.78 is 105. The van der Waals surface area contributed by atoms with E-state index in [1.54, 1.807) is 72.9 Å². The molecular weight excluding hydrogens is 1180 g/mol. The van der Waals surface area contributed by atoms with Crippen molar-refractivity contribution < 1.29 is 56.0 Å². The Balaban J connectivity index is 0.000000124. The molecule has 0 saturated carbocycles. The van der Waals surface area contributed by atoms with Crippen molar-refractivity contribution in [1.82, 2.24) is 59.8 Å². The number of hydrogen-bond acceptors (Lipinski definition) is 15. The molecule has 0 spiro atoms. The van der Waals surface area contributed by atoms with Gasteiger partial charge in [-0.1, -0.05) is 0 Å². The van der Waals surface area contributed by atoms with E-state index in [-0.39, 0.29) is 48.3 Å². The molecule has 0 saturated heterocycles. The minimum absolute atomic E-state index is 0. The van der Waals surface area contributed by atoms with Crippen LogP contribution in [0, 0.1) is 0 Å². The van der Waals surface area contributed by atoms with E-state index in [0.717, 1.165) is 67.3 Å². The average Bonchev–Trinajstić information content (AvgIpc) is 2.71. The van der Waals surface area contributed by atoms with Crippen molar-refractivity contribution >= 4 is 169 Å². The molecule has 0 radical (unpaired) electrons. The first-order valence-corrected chi connectivity index (χ1v) is 29.6.